The lowest BCUT2D eigenvalue weighted by molar-refractivity contribution is 0.0549. The van der Waals surface area contributed by atoms with Crippen LogP contribution < -0.4 is 4.74 Å². The Labute approximate surface area is 127 Å². The molecule has 1 aromatic rings. The van der Waals surface area contributed by atoms with Crippen molar-refractivity contribution in [2.24, 2.45) is 5.92 Å². The van der Waals surface area contributed by atoms with Gasteiger partial charge in [0.05, 0.1) is 13.2 Å². The maximum absolute atomic E-state index is 9.74. The third-order valence-corrected chi connectivity index (χ3v) is 4.14. The Kier molecular flexibility index (Phi) is 6.03. The van der Waals surface area contributed by atoms with Gasteiger partial charge in [0.1, 0.15) is 5.75 Å². The summed E-state index contributed by atoms with van der Waals surface area (Å²) < 4.78 is 10.9. The van der Waals surface area contributed by atoms with Crippen molar-refractivity contribution in [2.75, 3.05) is 33.9 Å². The van der Waals surface area contributed by atoms with Crippen molar-refractivity contribution in [3.63, 3.8) is 0 Å². The summed E-state index contributed by atoms with van der Waals surface area (Å²) in [4.78, 5) is 2.33. The van der Waals surface area contributed by atoms with Crippen LogP contribution in [0.1, 0.15) is 37.0 Å². The topological polar surface area (TPSA) is 41.9 Å². The highest BCUT2D eigenvalue weighted by atomic mass is 16.5. The maximum Gasteiger partial charge on any atom is 0.123 e. The van der Waals surface area contributed by atoms with E-state index in [0.29, 0.717) is 0 Å². The predicted molar refractivity (Wildman–Crippen MR) is 83.5 cm³/mol. The third kappa shape index (κ3) is 4.70. The standard InChI is InChI=1S/C17H27NO3/c1-13(19)15-4-5-17(20-3)16(10-15)12-18(2)11-14-6-8-21-9-7-14/h4-5,10,13-14,19H,6-9,11-12H2,1-3H3. The lowest BCUT2D eigenvalue weighted by Gasteiger charge is -2.27. The Morgan fingerprint density at radius 1 is 1.38 bits per heavy atom. The molecule has 1 aromatic carbocycles. The molecular formula is C17H27NO3. The minimum atomic E-state index is -0.449. The SMILES string of the molecule is COc1ccc(C(C)O)cc1CN(C)CC1CCOCC1. The molecule has 1 heterocycles. The first-order valence-electron chi connectivity index (χ1n) is 7.71. The van der Waals surface area contributed by atoms with Gasteiger partial charge >= 0.3 is 0 Å². The Morgan fingerprint density at radius 2 is 2.10 bits per heavy atom. The van der Waals surface area contributed by atoms with Crippen molar-refractivity contribution in [3.05, 3.63) is 29.3 Å². The highest BCUT2D eigenvalue weighted by Crippen LogP contribution is 2.25. The van der Waals surface area contributed by atoms with Crippen LogP contribution in [-0.2, 0) is 11.3 Å². The van der Waals surface area contributed by atoms with Gasteiger partial charge in [0, 0.05) is 31.9 Å². The number of hydrogen-bond acceptors (Lipinski definition) is 4. The Hall–Kier alpha value is -1.10. The summed E-state index contributed by atoms with van der Waals surface area (Å²) in [6.45, 7) is 5.47. The van der Waals surface area contributed by atoms with Crippen LogP contribution in [-0.4, -0.2) is 43.9 Å². The summed E-state index contributed by atoms with van der Waals surface area (Å²) in [5, 5.41) is 9.74. The van der Waals surface area contributed by atoms with E-state index < -0.39 is 6.10 Å². The van der Waals surface area contributed by atoms with Crippen molar-refractivity contribution in [1.82, 2.24) is 4.90 Å². The van der Waals surface area contributed by atoms with Gasteiger partial charge in [0.15, 0.2) is 0 Å². The average Bonchev–Trinajstić information content (AvgIpc) is 2.48. The van der Waals surface area contributed by atoms with Gasteiger partial charge in [-0.05, 0) is 50.4 Å². The molecule has 1 N–H and O–H groups in total. The summed E-state index contributed by atoms with van der Waals surface area (Å²) in [7, 11) is 3.84. The second kappa shape index (κ2) is 7.78. The average molecular weight is 293 g/mol. The molecule has 0 radical (unpaired) electrons. The van der Waals surface area contributed by atoms with Crippen LogP contribution in [0.3, 0.4) is 0 Å². The van der Waals surface area contributed by atoms with Crippen LogP contribution in [0.2, 0.25) is 0 Å². The fraction of sp³-hybridized carbons (Fsp3) is 0.647. The number of aliphatic hydroxyl groups excluding tert-OH is 1. The van der Waals surface area contributed by atoms with Crippen molar-refractivity contribution in [1.29, 1.82) is 0 Å². The highest BCUT2D eigenvalue weighted by Gasteiger charge is 2.17. The monoisotopic (exact) mass is 293 g/mol. The molecular weight excluding hydrogens is 266 g/mol. The summed E-state index contributed by atoms with van der Waals surface area (Å²) in [5.74, 6) is 1.60. The van der Waals surface area contributed by atoms with Gasteiger partial charge in [-0.1, -0.05) is 6.07 Å². The zero-order valence-electron chi connectivity index (χ0n) is 13.3. The summed E-state index contributed by atoms with van der Waals surface area (Å²) in [6.07, 6.45) is 1.85. The lowest BCUT2D eigenvalue weighted by atomic mass is 9.99. The summed E-state index contributed by atoms with van der Waals surface area (Å²) in [6, 6.07) is 5.91. The van der Waals surface area contributed by atoms with Gasteiger partial charge in [-0.3, -0.25) is 0 Å². The number of ether oxygens (including phenoxy) is 2. The molecule has 1 aliphatic rings. The molecule has 21 heavy (non-hydrogen) atoms. The quantitative estimate of drug-likeness (QED) is 0.875. The van der Waals surface area contributed by atoms with E-state index in [2.05, 4.69) is 11.9 Å². The van der Waals surface area contributed by atoms with E-state index in [0.717, 1.165) is 61.9 Å². The van der Waals surface area contributed by atoms with Crippen LogP contribution in [0.25, 0.3) is 0 Å². The molecule has 4 heteroatoms. The lowest BCUT2D eigenvalue weighted by Crippen LogP contribution is -2.29. The van der Waals surface area contributed by atoms with E-state index >= 15 is 0 Å². The zero-order valence-corrected chi connectivity index (χ0v) is 13.3. The third-order valence-electron chi connectivity index (χ3n) is 4.14. The van der Waals surface area contributed by atoms with E-state index in [1.54, 1.807) is 14.0 Å². The number of hydrogen-bond donors (Lipinski definition) is 1. The summed E-state index contributed by atoms with van der Waals surface area (Å²) >= 11 is 0. The Morgan fingerprint density at radius 3 is 2.71 bits per heavy atom. The van der Waals surface area contributed by atoms with Gasteiger partial charge in [-0.2, -0.15) is 0 Å². The molecule has 1 atom stereocenters. The number of methoxy groups -OCH3 is 1. The van der Waals surface area contributed by atoms with Crippen molar-refractivity contribution >= 4 is 0 Å². The van der Waals surface area contributed by atoms with Crippen LogP contribution >= 0.6 is 0 Å². The molecule has 1 fully saturated rings. The highest BCUT2D eigenvalue weighted by molar-refractivity contribution is 5.38. The fourth-order valence-electron chi connectivity index (χ4n) is 2.91. The van der Waals surface area contributed by atoms with E-state index in [1.807, 2.05) is 18.2 Å². The van der Waals surface area contributed by atoms with Crippen molar-refractivity contribution in [3.8, 4) is 5.75 Å². The number of benzene rings is 1. The van der Waals surface area contributed by atoms with Gasteiger partial charge in [0.25, 0.3) is 0 Å². The van der Waals surface area contributed by atoms with E-state index in [4.69, 9.17) is 9.47 Å². The van der Waals surface area contributed by atoms with Gasteiger partial charge in [-0.25, -0.2) is 0 Å². The van der Waals surface area contributed by atoms with Gasteiger partial charge in [-0.15, -0.1) is 0 Å². The number of aliphatic hydroxyl groups is 1. The fourth-order valence-corrected chi connectivity index (χ4v) is 2.91. The van der Waals surface area contributed by atoms with Crippen LogP contribution in [0.4, 0.5) is 0 Å². The molecule has 0 amide bonds. The minimum absolute atomic E-state index is 0.449. The number of rotatable bonds is 6. The summed E-state index contributed by atoms with van der Waals surface area (Å²) in [5.41, 5.74) is 2.07. The second-order valence-electron chi connectivity index (χ2n) is 6.00. The molecule has 4 nitrogen and oxygen atoms in total. The number of nitrogens with zero attached hydrogens (tertiary/aromatic N) is 1. The van der Waals surface area contributed by atoms with Crippen molar-refractivity contribution in [2.45, 2.75) is 32.4 Å². The molecule has 1 aliphatic heterocycles. The first-order chi connectivity index (χ1) is 10.1. The van der Waals surface area contributed by atoms with E-state index in [9.17, 15) is 5.11 Å². The van der Waals surface area contributed by atoms with Gasteiger partial charge in [0.2, 0.25) is 0 Å². The van der Waals surface area contributed by atoms with Crippen LogP contribution in [0, 0.1) is 5.92 Å². The molecule has 0 aromatic heterocycles. The van der Waals surface area contributed by atoms with E-state index in [1.165, 1.54) is 0 Å². The molecule has 1 saturated heterocycles. The van der Waals surface area contributed by atoms with Gasteiger partial charge < -0.3 is 19.5 Å². The Bertz CT molecular complexity index is 442. The molecule has 0 spiro atoms. The van der Waals surface area contributed by atoms with E-state index in [-0.39, 0.29) is 0 Å². The molecule has 0 bridgehead atoms. The Balaban J connectivity index is 2.00. The largest absolute Gasteiger partial charge is 0.496 e. The minimum Gasteiger partial charge on any atom is -0.496 e. The molecule has 2 rings (SSSR count). The van der Waals surface area contributed by atoms with Crippen LogP contribution in [0.5, 0.6) is 5.75 Å². The molecule has 118 valence electrons. The van der Waals surface area contributed by atoms with Crippen molar-refractivity contribution < 1.29 is 14.6 Å². The maximum atomic E-state index is 9.74. The second-order valence-corrected chi connectivity index (χ2v) is 6.00. The molecule has 0 saturated carbocycles. The van der Waals surface area contributed by atoms with Crippen LogP contribution in [0.15, 0.2) is 18.2 Å². The normalized spacial score (nSPS) is 18.0. The zero-order chi connectivity index (χ0) is 15.2. The molecule has 1 unspecified atom stereocenters. The smallest absolute Gasteiger partial charge is 0.123 e. The first kappa shape index (κ1) is 16.3. The molecule has 0 aliphatic carbocycles. The predicted octanol–water partition coefficient (Wildman–Crippen LogP) is 2.61. The first-order valence-corrected chi connectivity index (χ1v) is 7.71.